The Morgan fingerprint density at radius 2 is 1.79 bits per heavy atom. The summed E-state index contributed by atoms with van der Waals surface area (Å²) in [5.74, 6) is -2.73. The molecule has 0 radical (unpaired) electrons. The first-order chi connectivity index (χ1) is 18.3. The summed E-state index contributed by atoms with van der Waals surface area (Å²) in [7, 11) is 0. The number of thiazole rings is 1. The minimum Gasteiger partial charge on any atom is -0.507 e. The van der Waals surface area contributed by atoms with Gasteiger partial charge in [-0.15, -0.1) is 0 Å². The molecule has 1 aromatic heterocycles. The molecule has 4 rings (SSSR count). The van der Waals surface area contributed by atoms with Crippen molar-refractivity contribution in [3.8, 4) is 5.75 Å². The summed E-state index contributed by atoms with van der Waals surface area (Å²) in [5, 5.41) is 11.3. The SMILES string of the molecule is CCCCOc1ccc(/C(O)=C2/C(=O)C(=O)N(c3nc(C)c(C(=O)OCC)s3)C2c2ccc(F)cc2)cc1. The molecule has 0 bridgehead atoms. The Balaban J connectivity index is 1.80. The number of aryl methyl sites for hydroxylation is 1. The molecule has 3 aromatic rings. The van der Waals surface area contributed by atoms with E-state index in [4.69, 9.17) is 9.47 Å². The number of aliphatic hydroxyl groups excluding tert-OH is 1. The van der Waals surface area contributed by atoms with Gasteiger partial charge in [0, 0.05) is 5.56 Å². The molecule has 1 aliphatic rings. The maximum Gasteiger partial charge on any atom is 0.350 e. The van der Waals surface area contributed by atoms with Crippen LogP contribution in [-0.4, -0.2) is 41.0 Å². The smallest absolute Gasteiger partial charge is 0.350 e. The summed E-state index contributed by atoms with van der Waals surface area (Å²) in [4.78, 5) is 44.7. The number of aromatic nitrogens is 1. The molecule has 8 nitrogen and oxygen atoms in total. The zero-order valence-electron chi connectivity index (χ0n) is 21.2. The zero-order valence-corrected chi connectivity index (χ0v) is 22.0. The largest absolute Gasteiger partial charge is 0.507 e. The number of hydrogen-bond acceptors (Lipinski definition) is 8. The number of carbonyl (C=O) groups excluding carboxylic acids is 3. The molecule has 1 aliphatic heterocycles. The Labute approximate surface area is 223 Å². The van der Waals surface area contributed by atoms with Gasteiger partial charge in [0.1, 0.15) is 22.2 Å². The van der Waals surface area contributed by atoms with Crippen molar-refractivity contribution in [3.63, 3.8) is 0 Å². The van der Waals surface area contributed by atoms with Crippen molar-refractivity contribution in [3.05, 3.63) is 81.6 Å². The number of ketones is 1. The maximum atomic E-state index is 13.8. The van der Waals surface area contributed by atoms with E-state index < -0.39 is 29.5 Å². The van der Waals surface area contributed by atoms with Crippen LogP contribution in [0.15, 0.2) is 54.1 Å². The molecule has 0 aliphatic carbocycles. The molecule has 38 heavy (non-hydrogen) atoms. The molecule has 0 saturated carbocycles. The number of Topliss-reactive ketones (excluding diaryl/α,β-unsaturated/α-hetero) is 1. The van der Waals surface area contributed by atoms with E-state index in [9.17, 15) is 23.9 Å². The van der Waals surface area contributed by atoms with Crippen LogP contribution in [0.1, 0.15) is 59.2 Å². The summed E-state index contributed by atoms with van der Waals surface area (Å²) in [6.07, 6.45) is 1.89. The predicted molar refractivity (Wildman–Crippen MR) is 141 cm³/mol. The molecule has 1 unspecified atom stereocenters. The van der Waals surface area contributed by atoms with Gasteiger partial charge in [-0.2, -0.15) is 0 Å². The minimum absolute atomic E-state index is 0.0840. The Bertz CT molecular complexity index is 1380. The lowest BCUT2D eigenvalue weighted by atomic mass is 9.95. The van der Waals surface area contributed by atoms with Gasteiger partial charge in [-0.1, -0.05) is 36.8 Å². The molecule has 2 aromatic carbocycles. The number of esters is 1. The number of rotatable bonds is 9. The number of unbranched alkanes of at least 4 members (excludes halogenated alkanes) is 1. The summed E-state index contributed by atoms with van der Waals surface area (Å²) in [6.45, 7) is 6.04. The second kappa shape index (κ2) is 11.6. The number of nitrogens with zero attached hydrogens (tertiary/aromatic N) is 2. The first-order valence-electron chi connectivity index (χ1n) is 12.2. The van der Waals surface area contributed by atoms with E-state index in [2.05, 4.69) is 11.9 Å². The highest BCUT2D eigenvalue weighted by molar-refractivity contribution is 7.17. The number of aliphatic hydroxyl groups is 1. The summed E-state index contributed by atoms with van der Waals surface area (Å²) < 4.78 is 24.5. The van der Waals surface area contributed by atoms with Crippen molar-refractivity contribution in [1.29, 1.82) is 0 Å². The fraction of sp³-hybridized carbons (Fsp3) is 0.286. The summed E-state index contributed by atoms with van der Waals surface area (Å²) in [5.41, 5.74) is 0.853. The fourth-order valence-corrected chi connectivity index (χ4v) is 5.05. The highest BCUT2D eigenvalue weighted by Gasteiger charge is 2.48. The Morgan fingerprint density at radius 1 is 1.11 bits per heavy atom. The lowest BCUT2D eigenvalue weighted by Crippen LogP contribution is -2.29. The predicted octanol–water partition coefficient (Wildman–Crippen LogP) is 5.57. The van der Waals surface area contributed by atoms with E-state index in [1.807, 2.05) is 0 Å². The summed E-state index contributed by atoms with van der Waals surface area (Å²) >= 11 is 0.905. The average Bonchev–Trinajstić information content (AvgIpc) is 3.41. The van der Waals surface area contributed by atoms with Gasteiger partial charge >= 0.3 is 11.9 Å². The molecular formula is C28H27FN2O6S. The van der Waals surface area contributed by atoms with Crippen molar-refractivity contribution in [2.24, 2.45) is 0 Å². The van der Waals surface area contributed by atoms with E-state index in [-0.39, 0.29) is 27.9 Å². The molecule has 198 valence electrons. The number of carbonyl (C=O) groups is 3. The number of ether oxygens (including phenoxy) is 2. The van der Waals surface area contributed by atoms with Gasteiger partial charge in [-0.25, -0.2) is 14.2 Å². The van der Waals surface area contributed by atoms with Crippen molar-refractivity contribution in [2.75, 3.05) is 18.1 Å². The van der Waals surface area contributed by atoms with Crippen molar-refractivity contribution in [1.82, 2.24) is 4.98 Å². The standard InChI is InChI=1S/C28H27FN2O6S/c1-4-6-15-37-20-13-9-18(10-14-20)23(32)21-22(17-7-11-19(29)12-8-17)31(26(34)24(21)33)28-30-16(3)25(38-28)27(35)36-5-2/h7-14,22,32H,4-6,15H2,1-3H3/b23-21-. The Kier molecular flexibility index (Phi) is 8.21. The number of amides is 1. The molecule has 2 heterocycles. The van der Waals surface area contributed by atoms with Crippen LogP contribution in [-0.2, 0) is 14.3 Å². The third-order valence-electron chi connectivity index (χ3n) is 5.98. The normalized spacial score (nSPS) is 16.6. The van der Waals surface area contributed by atoms with Gasteiger partial charge in [0.05, 0.1) is 30.5 Å². The molecule has 1 saturated heterocycles. The highest BCUT2D eigenvalue weighted by atomic mass is 32.1. The molecular weight excluding hydrogens is 511 g/mol. The van der Waals surface area contributed by atoms with Gasteiger partial charge < -0.3 is 14.6 Å². The average molecular weight is 539 g/mol. The van der Waals surface area contributed by atoms with Gasteiger partial charge in [0.25, 0.3) is 5.78 Å². The monoisotopic (exact) mass is 538 g/mol. The Morgan fingerprint density at radius 3 is 2.42 bits per heavy atom. The van der Waals surface area contributed by atoms with Gasteiger partial charge in [-0.3, -0.25) is 14.5 Å². The van der Waals surface area contributed by atoms with Crippen LogP contribution in [0.2, 0.25) is 0 Å². The van der Waals surface area contributed by atoms with Gasteiger partial charge in [-0.05, 0) is 62.2 Å². The van der Waals surface area contributed by atoms with E-state index in [1.54, 1.807) is 38.1 Å². The van der Waals surface area contributed by atoms with Crippen molar-refractivity contribution >= 4 is 39.9 Å². The molecule has 1 amide bonds. The van der Waals surface area contributed by atoms with Crippen molar-refractivity contribution < 1.29 is 33.4 Å². The third kappa shape index (κ3) is 5.31. The highest BCUT2D eigenvalue weighted by Crippen LogP contribution is 2.44. The van der Waals surface area contributed by atoms with Crippen LogP contribution < -0.4 is 9.64 Å². The van der Waals surface area contributed by atoms with Crippen LogP contribution in [0.4, 0.5) is 9.52 Å². The zero-order chi connectivity index (χ0) is 27.4. The second-order valence-electron chi connectivity index (χ2n) is 8.58. The second-order valence-corrected chi connectivity index (χ2v) is 9.56. The molecule has 0 spiro atoms. The molecule has 1 fully saturated rings. The number of hydrogen-bond donors (Lipinski definition) is 1. The number of halogens is 1. The van der Waals surface area contributed by atoms with Crippen LogP contribution >= 0.6 is 11.3 Å². The van der Waals surface area contributed by atoms with Crippen LogP contribution in [0.25, 0.3) is 5.76 Å². The van der Waals surface area contributed by atoms with E-state index in [0.29, 0.717) is 29.2 Å². The molecule has 1 N–H and O–H groups in total. The lowest BCUT2D eigenvalue weighted by Gasteiger charge is -2.23. The quantitative estimate of drug-likeness (QED) is 0.125. The topological polar surface area (TPSA) is 106 Å². The van der Waals surface area contributed by atoms with E-state index >= 15 is 0 Å². The van der Waals surface area contributed by atoms with E-state index in [1.165, 1.54) is 24.3 Å². The molecule has 10 heteroatoms. The Hall–Kier alpha value is -4.05. The van der Waals surface area contributed by atoms with Gasteiger partial charge in [0.15, 0.2) is 5.13 Å². The van der Waals surface area contributed by atoms with Gasteiger partial charge in [0.2, 0.25) is 0 Å². The van der Waals surface area contributed by atoms with Crippen molar-refractivity contribution in [2.45, 2.75) is 39.7 Å². The van der Waals surface area contributed by atoms with Crippen LogP contribution in [0.5, 0.6) is 5.75 Å². The maximum absolute atomic E-state index is 13.8. The third-order valence-corrected chi connectivity index (χ3v) is 7.11. The van der Waals surface area contributed by atoms with Crippen LogP contribution in [0.3, 0.4) is 0 Å². The summed E-state index contributed by atoms with van der Waals surface area (Å²) in [6, 6.07) is 10.7. The fourth-order valence-electron chi connectivity index (χ4n) is 4.06. The number of benzene rings is 2. The first-order valence-corrected chi connectivity index (χ1v) is 13.0. The lowest BCUT2D eigenvalue weighted by molar-refractivity contribution is -0.132. The van der Waals surface area contributed by atoms with Crippen LogP contribution in [0, 0.1) is 12.7 Å². The van der Waals surface area contributed by atoms with E-state index in [0.717, 1.165) is 29.1 Å². The number of anilines is 1. The molecule has 1 atom stereocenters. The first kappa shape index (κ1) is 27.0. The minimum atomic E-state index is -1.10.